The van der Waals surface area contributed by atoms with E-state index in [1.54, 1.807) is 18.2 Å². The number of para-hydroxylation sites is 1. The maximum atomic E-state index is 8.90. The van der Waals surface area contributed by atoms with Crippen LogP contribution in [0.3, 0.4) is 0 Å². The third-order valence-electron chi connectivity index (χ3n) is 2.70. The summed E-state index contributed by atoms with van der Waals surface area (Å²) < 4.78 is 0. The number of nitrogens with two attached hydrogens (primary N) is 1. The molecule has 0 fully saturated rings. The highest BCUT2D eigenvalue weighted by Gasteiger charge is 2.04. The Morgan fingerprint density at radius 3 is 2.63 bits per heavy atom. The second kappa shape index (κ2) is 5.69. The largest absolute Gasteiger partial charge is 0.398 e. The van der Waals surface area contributed by atoms with Gasteiger partial charge in [-0.2, -0.15) is 10.4 Å². The van der Waals surface area contributed by atoms with Gasteiger partial charge in [0.05, 0.1) is 23.0 Å². The van der Waals surface area contributed by atoms with E-state index in [2.05, 4.69) is 16.6 Å². The van der Waals surface area contributed by atoms with Crippen LogP contribution in [0.4, 0.5) is 11.4 Å². The number of nitriles is 1. The van der Waals surface area contributed by atoms with Gasteiger partial charge in [0.2, 0.25) is 0 Å². The number of hydrazone groups is 1. The van der Waals surface area contributed by atoms with E-state index in [1.807, 2.05) is 37.3 Å². The summed E-state index contributed by atoms with van der Waals surface area (Å²) in [5.41, 5.74) is 12.4. The fraction of sp³-hybridized carbons (Fsp3) is 0.0667. The van der Waals surface area contributed by atoms with Gasteiger partial charge in [0.25, 0.3) is 0 Å². The van der Waals surface area contributed by atoms with Gasteiger partial charge in [0.15, 0.2) is 0 Å². The number of hydrogen-bond acceptors (Lipinski definition) is 4. The van der Waals surface area contributed by atoms with Crippen molar-refractivity contribution in [2.24, 2.45) is 5.10 Å². The molecule has 0 spiro atoms. The maximum Gasteiger partial charge on any atom is 0.0991 e. The smallest absolute Gasteiger partial charge is 0.0991 e. The van der Waals surface area contributed by atoms with Crippen LogP contribution in [0.5, 0.6) is 0 Å². The predicted molar refractivity (Wildman–Crippen MR) is 77.8 cm³/mol. The first-order valence-electron chi connectivity index (χ1n) is 5.86. The Balaban J connectivity index is 2.24. The number of nitrogens with one attached hydrogen (secondary N) is 1. The van der Waals surface area contributed by atoms with Gasteiger partial charge in [-0.3, -0.25) is 5.43 Å². The van der Waals surface area contributed by atoms with Gasteiger partial charge in [-0.25, -0.2) is 0 Å². The van der Waals surface area contributed by atoms with Gasteiger partial charge in [-0.1, -0.05) is 18.2 Å². The average molecular weight is 250 g/mol. The SMILES string of the molecule is C/C(=N\Nc1ccccc1)c1cc(C#N)ccc1N. The third-order valence-corrected chi connectivity index (χ3v) is 2.70. The van der Waals surface area contributed by atoms with Crippen LogP contribution in [0.1, 0.15) is 18.1 Å². The zero-order valence-corrected chi connectivity index (χ0v) is 10.6. The lowest BCUT2D eigenvalue weighted by Crippen LogP contribution is -2.04. The lowest BCUT2D eigenvalue weighted by Gasteiger charge is -2.06. The van der Waals surface area contributed by atoms with Crippen LogP contribution < -0.4 is 11.2 Å². The van der Waals surface area contributed by atoms with Gasteiger partial charge in [-0.15, -0.1) is 0 Å². The summed E-state index contributed by atoms with van der Waals surface area (Å²) in [5.74, 6) is 0. The molecular weight excluding hydrogens is 236 g/mol. The summed E-state index contributed by atoms with van der Waals surface area (Å²) in [5, 5.41) is 13.2. The van der Waals surface area contributed by atoms with Gasteiger partial charge >= 0.3 is 0 Å². The summed E-state index contributed by atoms with van der Waals surface area (Å²) in [6.45, 7) is 1.85. The zero-order valence-electron chi connectivity index (χ0n) is 10.6. The van der Waals surface area contributed by atoms with Crippen LogP contribution in [0.25, 0.3) is 0 Å². The fourth-order valence-electron chi connectivity index (χ4n) is 1.66. The summed E-state index contributed by atoms with van der Waals surface area (Å²) in [4.78, 5) is 0. The van der Waals surface area contributed by atoms with E-state index in [0.29, 0.717) is 11.3 Å². The van der Waals surface area contributed by atoms with Crippen molar-refractivity contribution < 1.29 is 0 Å². The summed E-state index contributed by atoms with van der Waals surface area (Å²) in [7, 11) is 0. The second-order valence-electron chi connectivity index (χ2n) is 4.09. The number of benzene rings is 2. The highest BCUT2D eigenvalue weighted by Crippen LogP contribution is 2.15. The van der Waals surface area contributed by atoms with Gasteiger partial charge in [0.1, 0.15) is 0 Å². The monoisotopic (exact) mass is 250 g/mol. The van der Waals surface area contributed by atoms with E-state index in [1.165, 1.54) is 0 Å². The molecule has 2 aromatic rings. The molecule has 2 aromatic carbocycles. The lowest BCUT2D eigenvalue weighted by molar-refractivity contribution is 1.32. The molecular formula is C15H14N4. The molecule has 0 amide bonds. The van der Waals surface area contributed by atoms with Crippen LogP contribution in [0.15, 0.2) is 53.6 Å². The van der Waals surface area contributed by atoms with Crippen LogP contribution in [0.2, 0.25) is 0 Å². The van der Waals surface area contributed by atoms with Crippen molar-refractivity contribution in [1.82, 2.24) is 0 Å². The van der Waals surface area contributed by atoms with Crippen molar-refractivity contribution in [3.63, 3.8) is 0 Å². The molecule has 0 aliphatic heterocycles. The first-order valence-corrected chi connectivity index (χ1v) is 5.86. The summed E-state index contributed by atoms with van der Waals surface area (Å²) >= 11 is 0. The summed E-state index contributed by atoms with van der Waals surface area (Å²) in [6.07, 6.45) is 0. The Labute approximate surface area is 112 Å². The Kier molecular flexibility index (Phi) is 3.79. The maximum absolute atomic E-state index is 8.90. The predicted octanol–water partition coefficient (Wildman–Crippen LogP) is 2.98. The van der Waals surface area contributed by atoms with E-state index >= 15 is 0 Å². The van der Waals surface area contributed by atoms with Crippen LogP contribution in [-0.2, 0) is 0 Å². The topological polar surface area (TPSA) is 74.2 Å². The molecule has 3 N–H and O–H groups in total. The molecule has 0 aromatic heterocycles. The van der Waals surface area contributed by atoms with Crippen molar-refractivity contribution in [2.75, 3.05) is 11.2 Å². The first kappa shape index (κ1) is 12.7. The van der Waals surface area contributed by atoms with Crippen molar-refractivity contribution in [3.05, 3.63) is 59.7 Å². The molecule has 0 atom stereocenters. The van der Waals surface area contributed by atoms with Gasteiger partial charge in [0, 0.05) is 11.3 Å². The number of nitrogen functional groups attached to an aromatic ring is 1. The van der Waals surface area contributed by atoms with E-state index in [-0.39, 0.29) is 0 Å². The fourth-order valence-corrected chi connectivity index (χ4v) is 1.66. The molecule has 0 heterocycles. The van der Waals surface area contributed by atoms with Crippen molar-refractivity contribution in [1.29, 1.82) is 5.26 Å². The summed E-state index contributed by atoms with van der Waals surface area (Å²) in [6, 6.07) is 16.9. The molecule has 4 nitrogen and oxygen atoms in total. The lowest BCUT2D eigenvalue weighted by atomic mass is 10.1. The third kappa shape index (κ3) is 3.11. The van der Waals surface area contributed by atoms with E-state index < -0.39 is 0 Å². The minimum Gasteiger partial charge on any atom is -0.398 e. The standard InChI is InChI=1S/C15H14N4/c1-11(18-19-13-5-3-2-4-6-13)14-9-12(10-16)7-8-15(14)17/h2-9,19H,17H2,1H3/b18-11+. The molecule has 0 bridgehead atoms. The van der Waals surface area contributed by atoms with Gasteiger partial charge < -0.3 is 5.73 Å². The molecule has 94 valence electrons. The number of hydrogen-bond donors (Lipinski definition) is 2. The highest BCUT2D eigenvalue weighted by atomic mass is 15.3. The van der Waals surface area contributed by atoms with Crippen molar-refractivity contribution in [3.8, 4) is 6.07 Å². The Morgan fingerprint density at radius 1 is 1.21 bits per heavy atom. The second-order valence-corrected chi connectivity index (χ2v) is 4.09. The van der Waals surface area contributed by atoms with E-state index in [0.717, 1.165) is 17.0 Å². The highest BCUT2D eigenvalue weighted by molar-refractivity contribution is 6.03. The zero-order chi connectivity index (χ0) is 13.7. The molecule has 0 aliphatic carbocycles. The quantitative estimate of drug-likeness (QED) is 0.499. The number of nitrogens with zero attached hydrogens (tertiary/aromatic N) is 2. The first-order chi connectivity index (χ1) is 9.20. The Hall–Kier alpha value is -2.80. The molecule has 0 saturated carbocycles. The normalized spacial score (nSPS) is 10.8. The molecule has 0 radical (unpaired) electrons. The van der Waals surface area contributed by atoms with Crippen molar-refractivity contribution >= 4 is 17.1 Å². The molecule has 0 saturated heterocycles. The van der Waals surface area contributed by atoms with E-state index in [4.69, 9.17) is 11.0 Å². The van der Waals surface area contributed by atoms with Crippen LogP contribution in [0, 0.1) is 11.3 Å². The molecule has 2 rings (SSSR count). The minimum absolute atomic E-state index is 0.568. The van der Waals surface area contributed by atoms with Crippen LogP contribution in [-0.4, -0.2) is 5.71 Å². The Morgan fingerprint density at radius 2 is 1.95 bits per heavy atom. The number of anilines is 2. The van der Waals surface area contributed by atoms with Crippen molar-refractivity contribution in [2.45, 2.75) is 6.92 Å². The molecule has 4 heteroatoms. The van der Waals surface area contributed by atoms with E-state index in [9.17, 15) is 0 Å². The Bertz CT molecular complexity index is 639. The minimum atomic E-state index is 0.568. The number of rotatable bonds is 3. The molecule has 0 aliphatic rings. The molecule has 0 unspecified atom stereocenters. The molecule has 19 heavy (non-hydrogen) atoms. The average Bonchev–Trinajstić information content (AvgIpc) is 2.46. The van der Waals surface area contributed by atoms with Crippen LogP contribution >= 0.6 is 0 Å². The van der Waals surface area contributed by atoms with Gasteiger partial charge in [-0.05, 0) is 37.3 Å².